The molecule has 1 N–H and O–H groups in total. The van der Waals surface area contributed by atoms with Crippen LogP contribution in [0.1, 0.15) is 29.0 Å². The number of nitrogens with one attached hydrogen (secondary N) is 1. The number of amides is 1. The molecule has 1 heterocycles. The minimum atomic E-state index is -0.340. The zero-order valence-electron chi connectivity index (χ0n) is 12.9. The van der Waals surface area contributed by atoms with E-state index in [1.54, 1.807) is 36.5 Å². The standard InChI is InChI=1S/C18H15F2N3O/c1-12(13-2-4-14(19)5-3-13)21-18(24)17-10-11-23(22-17)16-8-6-15(20)7-9-16/h2-12H,1H3,(H,21,24)/t12-/m1/s1. The third kappa shape index (κ3) is 3.48. The molecule has 3 aromatic rings. The molecule has 0 fully saturated rings. The molecule has 122 valence electrons. The number of carbonyl (C=O) groups excluding carboxylic acids is 1. The quantitative estimate of drug-likeness (QED) is 0.795. The normalized spacial score (nSPS) is 12.0. The van der Waals surface area contributed by atoms with Crippen molar-refractivity contribution in [3.05, 3.63) is 83.7 Å². The van der Waals surface area contributed by atoms with Gasteiger partial charge in [-0.05, 0) is 55.0 Å². The minimum Gasteiger partial charge on any atom is -0.344 e. The van der Waals surface area contributed by atoms with E-state index in [1.807, 2.05) is 6.92 Å². The second-order valence-electron chi connectivity index (χ2n) is 5.37. The molecule has 1 atom stereocenters. The average molecular weight is 327 g/mol. The van der Waals surface area contributed by atoms with Crippen LogP contribution in [0.25, 0.3) is 5.69 Å². The summed E-state index contributed by atoms with van der Waals surface area (Å²) in [5, 5.41) is 7.00. The zero-order valence-corrected chi connectivity index (χ0v) is 12.9. The fourth-order valence-electron chi connectivity index (χ4n) is 2.29. The van der Waals surface area contributed by atoms with Crippen molar-refractivity contribution >= 4 is 5.91 Å². The van der Waals surface area contributed by atoms with Crippen LogP contribution in [-0.4, -0.2) is 15.7 Å². The number of halogens is 2. The van der Waals surface area contributed by atoms with Crippen molar-refractivity contribution in [2.75, 3.05) is 0 Å². The van der Waals surface area contributed by atoms with E-state index in [9.17, 15) is 13.6 Å². The predicted molar refractivity (Wildman–Crippen MR) is 85.8 cm³/mol. The first-order chi connectivity index (χ1) is 11.5. The van der Waals surface area contributed by atoms with Gasteiger partial charge in [0.15, 0.2) is 5.69 Å². The van der Waals surface area contributed by atoms with Crippen LogP contribution in [0, 0.1) is 11.6 Å². The van der Waals surface area contributed by atoms with Crippen LogP contribution in [0.15, 0.2) is 60.8 Å². The lowest BCUT2D eigenvalue weighted by Crippen LogP contribution is -2.27. The van der Waals surface area contributed by atoms with Gasteiger partial charge in [0.05, 0.1) is 11.7 Å². The van der Waals surface area contributed by atoms with Gasteiger partial charge in [-0.3, -0.25) is 4.79 Å². The van der Waals surface area contributed by atoms with E-state index >= 15 is 0 Å². The molecule has 6 heteroatoms. The molecule has 24 heavy (non-hydrogen) atoms. The molecule has 0 saturated heterocycles. The molecule has 0 aliphatic rings. The fourth-order valence-corrected chi connectivity index (χ4v) is 2.29. The van der Waals surface area contributed by atoms with Gasteiger partial charge in [0.1, 0.15) is 11.6 Å². The number of hydrogen-bond donors (Lipinski definition) is 1. The van der Waals surface area contributed by atoms with Crippen LogP contribution < -0.4 is 5.32 Å². The van der Waals surface area contributed by atoms with Gasteiger partial charge in [-0.15, -0.1) is 0 Å². The first kappa shape index (κ1) is 15.9. The molecule has 1 aromatic heterocycles. The van der Waals surface area contributed by atoms with E-state index in [2.05, 4.69) is 10.4 Å². The van der Waals surface area contributed by atoms with Gasteiger partial charge in [0.25, 0.3) is 5.91 Å². The Hall–Kier alpha value is -3.02. The van der Waals surface area contributed by atoms with Crippen molar-refractivity contribution in [1.29, 1.82) is 0 Å². The highest BCUT2D eigenvalue weighted by atomic mass is 19.1. The third-order valence-corrected chi connectivity index (χ3v) is 3.63. The summed E-state index contributed by atoms with van der Waals surface area (Å²) in [6, 6.07) is 13.0. The molecule has 0 radical (unpaired) electrons. The van der Waals surface area contributed by atoms with Crippen molar-refractivity contribution in [1.82, 2.24) is 15.1 Å². The molecule has 0 unspecified atom stereocenters. The van der Waals surface area contributed by atoms with Gasteiger partial charge < -0.3 is 5.32 Å². The van der Waals surface area contributed by atoms with E-state index in [4.69, 9.17) is 0 Å². The summed E-state index contributed by atoms with van der Waals surface area (Å²) >= 11 is 0. The number of hydrogen-bond acceptors (Lipinski definition) is 2. The smallest absolute Gasteiger partial charge is 0.272 e. The molecule has 0 saturated carbocycles. The van der Waals surface area contributed by atoms with E-state index in [0.717, 1.165) is 5.56 Å². The van der Waals surface area contributed by atoms with Gasteiger partial charge in [-0.2, -0.15) is 5.10 Å². The summed E-state index contributed by atoms with van der Waals surface area (Å²) in [5.41, 5.74) is 1.69. The van der Waals surface area contributed by atoms with Crippen molar-refractivity contribution in [3.63, 3.8) is 0 Å². The summed E-state index contributed by atoms with van der Waals surface area (Å²) in [6.07, 6.45) is 1.63. The highest BCUT2D eigenvalue weighted by Crippen LogP contribution is 2.14. The molecule has 1 amide bonds. The third-order valence-electron chi connectivity index (χ3n) is 3.63. The fraction of sp³-hybridized carbons (Fsp3) is 0.111. The summed E-state index contributed by atoms with van der Waals surface area (Å²) in [5.74, 6) is -1.00. The minimum absolute atomic E-state index is 0.244. The highest BCUT2D eigenvalue weighted by Gasteiger charge is 2.14. The largest absolute Gasteiger partial charge is 0.344 e. The van der Waals surface area contributed by atoms with E-state index < -0.39 is 0 Å². The first-order valence-corrected chi connectivity index (χ1v) is 7.41. The Morgan fingerprint density at radius 3 is 2.21 bits per heavy atom. The summed E-state index contributed by atoms with van der Waals surface area (Å²) in [4.78, 5) is 12.3. The van der Waals surface area contributed by atoms with Crippen LogP contribution >= 0.6 is 0 Å². The Labute approximate surface area is 137 Å². The Balaban J connectivity index is 1.71. The topological polar surface area (TPSA) is 46.9 Å². The molecule has 0 bridgehead atoms. The van der Waals surface area contributed by atoms with Crippen molar-refractivity contribution in [3.8, 4) is 5.69 Å². The number of carbonyl (C=O) groups is 1. The van der Waals surface area contributed by atoms with Gasteiger partial charge in [0.2, 0.25) is 0 Å². The maximum atomic E-state index is 12.9. The monoisotopic (exact) mass is 327 g/mol. The summed E-state index contributed by atoms with van der Waals surface area (Å²) in [6.45, 7) is 1.81. The van der Waals surface area contributed by atoms with Crippen LogP contribution in [0.2, 0.25) is 0 Å². The van der Waals surface area contributed by atoms with E-state index in [1.165, 1.54) is 28.9 Å². The number of rotatable bonds is 4. The average Bonchev–Trinajstić information content (AvgIpc) is 3.06. The lowest BCUT2D eigenvalue weighted by Gasteiger charge is -2.13. The number of benzene rings is 2. The molecule has 0 spiro atoms. The Morgan fingerprint density at radius 1 is 1.00 bits per heavy atom. The Morgan fingerprint density at radius 2 is 1.58 bits per heavy atom. The van der Waals surface area contributed by atoms with Crippen molar-refractivity contribution < 1.29 is 13.6 Å². The van der Waals surface area contributed by atoms with Gasteiger partial charge in [-0.1, -0.05) is 12.1 Å². The molecule has 0 aliphatic heterocycles. The molecule has 4 nitrogen and oxygen atoms in total. The van der Waals surface area contributed by atoms with E-state index in [0.29, 0.717) is 5.69 Å². The molecule has 0 aliphatic carbocycles. The second kappa shape index (κ2) is 6.62. The van der Waals surface area contributed by atoms with Crippen LogP contribution in [0.5, 0.6) is 0 Å². The maximum absolute atomic E-state index is 12.9. The number of aromatic nitrogens is 2. The Kier molecular flexibility index (Phi) is 4.37. The molecular weight excluding hydrogens is 312 g/mol. The highest BCUT2D eigenvalue weighted by molar-refractivity contribution is 5.92. The molecule has 3 rings (SSSR count). The van der Waals surface area contributed by atoms with Gasteiger partial charge >= 0.3 is 0 Å². The van der Waals surface area contributed by atoms with Crippen molar-refractivity contribution in [2.24, 2.45) is 0 Å². The van der Waals surface area contributed by atoms with Gasteiger partial charge in [0, 0.05) is 6.20 Å². The SMILES string of the molecule is C[C@@H](NC(=O)c1ccn(-c2ccc(F)cc2)n1)c1ccc(F)cc1. The predicted octanol–water partition coefficient (Wildman–Crippen LogP) is 3.64. The maximum Gasteiger partial charge on any atom is 0.272 e. The first-order valence-electron chi connectivity index (χ1n) is 7.41. The second-order valence-corrected chi connectivity index (χ2v) is 5.37. The van der Waals surface area contributed by atoms with E-state index in [-0.39, 0.29) is 29.3 Å². The van der Waals surface area contributed by atoms with Crippen molar-refractivity contribution in [2.45, 2.75) is 13.0 Å². The molecular formula is C18H15F2N3O. The Bertz CT molecular complexity index is 841. The lowest BCUT2D eigenvalue weighted by molar-refractivity contribution is 0.0934. The van der Waals surface area contributed by atoms with Crippen LogP contribution in [-0.2, 0) is 0 Å². The summed E-state index contributed by atoms with van der Waals surface area (Å²) < 4.78 is 27.4. The van der Waals surface area contributed by atoms with Crippen LogP contribution in [0.4, 0.5) is 8.78 Å². The summed E-state index contributed by atoms with van der Waals surface area (Å²) in [7, 11) is 0. The number of nitrogens with zero attached hydrogens (tertiary/aromatic N) is 2. The molecule has 2 aromatic carbocycles. The zero-order chi connectivity index (χ0) is 17.1. The van der Waals surface area contributed by atoms with Crippen LogP contribution in [0.3, 0.4) is 0 Å². The van der Waals surface area contributed by atoms with Gasteiger partial charge in [-0.25, -0.2) is 13.5 Å². The lowest BCUT2D eigenvalue weighted by atomic mass is 10.1.